The summed E-state index contributed by atoms with van der Waals surface area (Å²) in [5.41, 5.74) is 0. The Bertz CT molecular complexity index is 245. The van der Waals surface area contributed by atoms with Crippen molar-refractivity contribution in [1.29, 1.82) is 0 Å². The third-order valence-electron chi connectivity index (χ3n) is 1.57. The Morgan fingerprint density at radius 2 is 1.93 bits per heavy atom. The highest BCUT2D eigenvalue weighted by Crippen LogP contribution is 2.11. The Morgan fingerprint density at radius 1 is 1.40 bits per heavy atom. The van der Waals surface area contributed by atoms with Crippen molar-refractivity contribution in [2.45, 2.75) is 18.3 Å². The maximum absolute atomic E-state index is 11.7. The molecule has 0 spiro atoms. The molecule has 2 N–H and O–H groups in total. The maximum Gasteiger partial charge on any atom is 0.405 e. The van der Waals surface area contributed by atoms with E-state index in [4.69, 9.17) is 0 Å². The molecular formula is C7H13F3N2O2S. The summed E-state index contributed by atoms with van der Waals surface area (Å²) < 4.78 is 45.8. The minimum Gasteiger partial charge on any atom is -0.337 e. The molecule has 0 aromatic heterocycles. The quantitative estimate of drug-likeness (QED) is 0.763. The van der Waals surface area contributed by atoms with E-state index in [1.807, 2.05) is 0 Å². The summed E-state index contributed by atoms with van der Waals surface area (Å²) in [5.74, 6) is 0. The SMILES string of the molecule is CC(CNC(=O)NCC(F)(F)F)S(C)=O. The normalized spacial score (nSPS) is 15.5. The molecule has 0 saturated heterocycles. The fourth-order valence-corrected chi connectivity index (χ4v) is 0.915. The van der Waals surface area contributed by atoms with E-state index >= 15 is 0 Å². The van der Waals surface area contributed by atoms with Gasteiger partial charge in [0.15, 0.2) is 0 Å². The number of hydrogen-bond donors (Lipinski definition) is 2. The highest BCUT2D eigenvalue weighted by molar-refractivity contribution is 7.84. The van der Waals surface area contributed by atoms with Crippen LogP contribution in [0.1, 0.15) is 6.92 Å². The van der Waals surface area contributed by atoms with Gasteiger partial charge in [-0.25, -0.2) is 4.79 Å². The van der Waals surface area contributed by atoms with Gasteiger partial charge in [-0.05, 0) is 6.92 Å². The number of hydrogen-bond acceptors (Lipinski definition) is 2. The number of carbonyl (C=O) groups is 1. The van der Waals surface area contributed by atoms with E-state index in [1.54, 1.807) is 12.2 Å². The Balaban J connectivity index is 3.72. The molecule has 0 heterocycles. The van der Waals surface area contributed by atoms with E-state index in [9.17, 15) is 22.2 Å². The van der Waals surface area contributed by atoms with Crippen LogP contribution < -0.4 is 10.6 Å². The lowest BCUT2D eigenvalue weighted by Crippen LogP contribution is -2.43. The Morgan fingerprint density at radius 3 is 2.33 bits per heavy atom. The molecule has 0 aromatic rings. The van der Waals surface area contributed by atoms with Gasteiger partial charge in [-0.2, -0.15) is 13.2 Å². The average molecular weight is 246 g/mol. The van der Waals surface area contributed by atoms with Crippen molar-refractivity contribution in [2.24, 2.45) is 0 Å². The van der Waals surface area contributed by atoms with Crippen LogP contribution in [-0.2, 0) is 10.8 Å². The molecule has 0 aromatic carbocycles. The molecule has 90 valence electrons. The molecule has 15 heavy (non-hydrogen) atoms. The van der Waals surface area contributed by atoms with Gasteiger partial charge >= 0.3 is 12.2 Å². The van der Waals surface area contributed by atoms with Crippen LogP contribution in [0.3, 0.4) is 0 Å². The first-order valence-electron chi connectivity index (χ1n) is 4.13. The average Bonchev–Trinajstić information content (AvgIpc) is 2.09. The molecule has 0 fully saturated rings. The fraction of sp³-hybridized carbons (Fsp3) is 0.857. The number of nitrogens with one attached hydrogen (secondary N) is 2. The van der Waals surface area contributed by atoms with Crippen molar-refractivity contribution in [3.63, 3.8) is 0 Å². The summed E-state index contributed by atoms with van der Waals surface area (Å²) in [4.78, 5) is 10.8. The summed E-state index contributed by atoms with van der Waals surface area (Å²) in [6, 6.07) is -0.912. The first kappa shape index (κ1) is 14.2. The molecular weight excluding hydrogens is 233 g/mol. The topological polar surface area (TPSA) is 58.2 Å². The minimum absolute atomic E-state index is 0.0762. The van der Waals surface area contributed by atoms with E-state index in [1.165, 1.54) is 6.26 Å². The predicted octanol–water partition coefficient (Wildman–Crippen LogP) is 0.615. The molecule has 0 saturated carbocycles. The van der Waals surface area contributed by atoms with Gasteiger partial charge in [0.1, 0.15) is 6.54 Å². The van der Waals surface area contributed by atoms with Gasteiger partial charge in [0, 0.05) is 28.9 Å². The molecule has 0 aliphatic carbocycles. The molecule has 0 aliphatic heterocycles. The summed E-state index contributed by atoms with van der Waals surface area (Å²) in [6.07, 6.45) is -2.96. The molecule has 0 radical (unpaired) electrons. The zero-order valence-electron chi connectivity index (χ0n) is 8.35. The largest absolute Gasteiger partial charge is 0.405 e. The van der Waals surface area contributed by atoms with Gasteiger partial charge in [-0.3, -0.25) is 4.21 Å². The van der Waals surface area contributed by atoms with Gasteiger partial charge in [0.2, 0.25) is 0 Å². The fourth-order valence-electron chi connectivity index (χ4n) is 0.597. The van der Waals surface area contributed by atoms with Gasteiger partial charge in [-0.15, -0.1) is 0 Å². The first-order valence-corrected chi connectivity index (χ1v) is 5.75. The number of alkyl halides is 3. The van der Waals surface area contributed by atoms with Crippen molar-refractivity contribution < 1.29 is 22.2 Å². The lowest BCUT2D eigenvalue weighted by Gasteiger charge is -2.12. The van der Waals surface area contributed by atoms with Crippen LogP contribution in [0.25, 0.3) is 0 Å². The molecule has 8 heteroatoms. The number of amides is 2. The van der Waals surface area contributed by atoms with Gasteiger partial charge in [0.25, 0.3) is 0 Å². The number of urea groups is 1. The van der Waals surface area contributed by atoms with E-state index in [0.29, 0.717) is 0 Å². The third-order valence-corrected chi connectivity index (χ3v) is 2.87. The lowest BCUT2D eigenvalue weighted by atomic mass is 10.5. The third kappa shape index (κ3) is 8.22. The summed E-state index contributed by atoms with van der Waals surface area (Å²) in [5, 5.41) is 3.55. The molecule has 2 atom stereocenters. The molecule has 4 nitrogen and oxygen atoms in total. The van der Waals surface area contributed by atoms with Crippen LogP contribution >= 0.6 is 0 Å². The second-order valence-corrected chi connectivity index (χ2v) is 4.79. The highest BCUT2D eigenvalue weighted by atomic mass is 32.2. The molecule has 0 aliphatic rings. The minimum atomic E-state index is -4.42. The zero-order valence-corrected chi connectivity index (χ0v) is 9.17. The first-order chi connectivity index (χ1) is 6.72. The van der Waals surface area contributed by atoms with Crippen molar-refractivity contribution in [3.05, 3.63) is 0 Å². The Kier molecular flexibility index (Phi) is 5.63. The van der Waals surface area contributed by atoms with Crippen molar-refractivity contribution in [2.75, 3.05) is 19.3 Å². The summed E-state index contributed by atoms with van der Waals surface area (Å²) in [6.45, 7) is 0.329. The van der Waals surface area contributed by atoms with Gasteiger partial charge in [0.05, 0.1) is 0 Å². The van der Waals surface area contributed by atoms with Crippen LogP contribution in [0.5, 0.6) is 0 Å². The lowest BCUT2D eigenvalue weighted by molar-refractivity contribution is -0.122. The molecule has 2 amide bonds. The Labute approximate surface area is 88.1 Å². The molecule has 0 rings (SSSR count). The van der Waals surface area contributed by atoms with Crippen LogP contribution in [0.15, 0.2) is 0 Å². The van der Waals surface area contributed by atoms with Crippen molar-refractivity contribution in [3.8, 4) is 0 Å². The van der Waals surface area contributed by atoms with Crippen molar-refractivity contribution in [1.82, 2.24) is 10.6 Å². The second-order valence-electron chi connectivity index (χ2n) is 2.99. The summed E-state index contributed by atoms with van der Waals surface area (Å²) in [7, 11) is -1.11. The van der Waals surface area contributed by atoms with E-state index in [-0.39, 0.29) is 11.8 Å². The monoisotopic (exact) mass is 246 g/mol. The standard InChI is InChI=1S/C7H13F3N2O2S/c1-5(15(2)14)3-11-6(13)12-4-7(8,9)10/h5H,3-4H2,1-2H3,(H2,11,12,13). The maximum atomic E-state index is 11.7. The van der Waals surface area contributed by atoms with Crippen LogP contribution in [0.2, 0.25) is 0 Å². The predicted molar refractivity (Wildman–Crippen MR) is 51.0 cm³/mol. The highest BCUT2D eigenvalue weighted by Gasteiger charge is 2.27. The van der Waals surface area contributed by atoms with Gasteiger partial charge in [-0.1, -0.05) is 0 Å². The van der Waals surface area contributed by atoms with Gasteiger partial charge < -0.3 is 10.6 Å². The van der Waals surface area contributed by atoms with Crippen LogP contribution in [0, 0.1) is 0 Å². The van der Waals surface area contributed by atoms with Crippen LogP contribution in [0.4, 0.5) is 18.0 Å². The molecule has 2 unspecified atom stereocenters. The van der Waals surface area contributed by atoms with E-state index < -0.39 is 29.6 Å². The molecule has 0 bridgehead atoms. The summed E-state index contributed by atoms with van der Waals surface area (Å²) >= 11 is 0. The van der Waals surface area contributed by atoms with E-state index in [2.05, 4.69) is 5.32 Å². The number of halogens is 3. The second kappa shape index (κ2) is 5.94. The smallest absolute Gasteiger partial charge is 0.337 e. The zero-order chi connectivity index (χ0) is 12.1. The Hall–Kier alpha value is -0.790. The van der Waals surface area contributed by atoms with Crippen molar-refractivity contribution >= 4 is 16.8 Å². The number of carbonyl (C=O) groups excluding carboxylic acids is 1. The van der Waals surface area contributed by atoms with E-state index in [0.717, 1.165) is 0 Å². The number of rotatable bonds is 4. The van der Waals surface area contributed by atoms with Crippen LogP contribution in [-0.4, -0.2) is 41.0 Å².